The molecule has 0 aliphatic heterocycles. The summed E-state index contributed by atoms with van der Waals surface area (Å²) in [4.78, 5) is 7.34. The minimum absolute atomic E-state index is 0.0753. The lowest BCUT2D eigenvalue weighted by Gasteiger charge is -2.11. The summed E-state index contributed by atoms with van der Waals surface area (Å²) in [6, 6.07) is 0.893. The molecule has 0 amide bonds. The topological polar surface area (TPSA) is 67.7 Å². The molecular formula is C12H15F3N6. The molecule has 6 nitrogen and oxygen atoms in total. The second-order valence-corrected chi connectivity index (χ2v) is 4.41. The fourth-order valence-electron chi connectivity index (χ4n) is 1.73. The first-order chi connectivity index (χ1) is 9.88. The van der Waals surface area contributed by atoms with Crippen LogP contribution in [0.4, 0.5) is 24.9 Å². The first-order valence-corrected chi connectivity index (χ1v) is 6.24. The van der Waals surface area contributed by atoms with Crippen LogP contribution in [0, 0.1) is 0 Å². The van der Waals surface area contributed by atoms with Gasteiger partial charge in [0.25, 0.3) is 0 Å². The normalized spacial score (nSPS) is 11.5. The summed E-state index contributed by atoms with van der Waals surface area (Å²) in [6.07, 6.45) is -0.313. The maximum absolute atomic E-state index is 12.7. The van der Waals surface area contributed by atoms with Crippen molar-refractivity contribution in [1.29, 1.82) is 0 Å². The molecule has 0 aromatic carbocycles. The molecule has 2 aromatic heterocycles. The van der Waals surface area contributed by atoms with E-state index >= 15 is 0 Å². The van der Waals surface area contributed by atoms with Crippen molar-refractivity contribution < 1.29 is 13.2 Å². The van der Waals surface area contributed by atoms with Crippen LogP contribution in [0.3, 0.4) is 0 Å². The maximum atomic E-state index is 12.7. The zero-order valence-electron chi connectivity index (χ0n) is 11.6. The Morgan fingerprint density at radius 1 is 1.29 bits per heavy atom. The quantitative estimate of drug-likeness (QED) is 0.883. The number of nitrogens with zero attached hydrogens (tertiary/aromatic N) is 4. The highest BCUT2D eigenvalue weighted by molar-refractivity contribution is 5.43. The molecule has 2 heterocycles. The summed E-state index contributed by atoms with van der Waals surface area (Å²) in [5, 5.41) is 9.40. The van der Waals surface area contributed by atoms with Gasteiger partial charge in [-0.05, 0) is 12.0 Å². The smallest absolute Gasteiger partial charge is 0.370 e. The van der Waals surface area contributed by atoms with Crippen molar-refractivity contribution in [1.82, 2.24) is 19.7 Å². The number of hydrogen-bond donors (Lipinski definition) is 2. The van der Waals surface area contributed by atoms with Crippen LogP contribution in [-0.4, -0.2) is 33.3 Å². The van der Waals surface area contributed by atoms with Gasteiger partial charge in [0.1, 0.15) is 5.82 Å². The van der Waals surface area contributed by atoms with Crippen LogP contribution in [0.2, 0.25) is 0 Å². The zero-order valence-corrected chi connectivity index (χ0v) is 11.6. The zero-order chi connectivity index (χ0) is 15.5. The molecule has 2 N–H and O–H groups in total. The second kappa shape index (κ2) is 5.98. The van der Waals surface area contributed by atoms with Gasteiger partial charge in [0, 0.05) is 32.9 Å². The molecule has 9 heteroatoms. The molecule has 0 saturated carbocycles. The first kappa shape index (κ1) is 15.1. The van der Waals surface area contributed by atoms with Crippen molar-refractivity contribution in [2.45, 2.75) is 12.6 Å². The molecule has 0 aliphatic carbocycles. The van der Waals surface area contributed by atoms with Gasteiger partial charge in [0.05, 0.1) is 6.20 Å². The van der Waals surface area contributed by atoms with Crippen LogP contribution >= 0.6 is 0 Å². The predicted molar refractivity (Wildman–Crippen MR) is 72.0 cm³/mol. The molecule has 0 bridgehead atoms. The lowest BCUT2D eigenvalue weighted by Crippen LogP contribution is -2.14. The van der Waals surface area contributed by atoms with E-state index in [4.69, 9.17) is 0 Å². The summed E-state index contributed by atoms with van der Waals surface area (Å²) in [5.74, 6) is 0.0549. The number of alkyl halides is 3. The minimum Gasteiger partial charge on any atom is -0.370 e. The van der Waals surface area contributed by atoms with Crippen LogP contribution in [0.1, 0.15) is 11.3 Å². The van der Waals surface area contributed by atoms with Crippen molar-refractivity contribution in [2.75, 3.05) is 24.2 Å². The van der Waals surface area contributed by atoms with Gasteiger partial charge in [-0.1, -0.05) is 0 Å². The molecule has 0 aliphatic rings. The van der Waals surface area contributed by atoms with Crippen LogP contribution < -0.4 is 10.6 Å². The third kappa shape index (κ3) is 4.07. The van der Waals surface area contributed by atoms with Crippen LogP contribution in [-0.2, 0) is 19.6 Å². The number of anilines is 2. The lowest BCUT2D eigenvalue weighted by atomic mass is 10.2. The molecular weight excluding hydrogens is 285 g/mol. The van der Waals surface area contributed by atoms with Crippen LogP contribution in [0.15, 0.2) is 18.5 Å². The number of rotatable bonds is 5. The average molecular weight is 300 g/mol. The van der Waals surface area contributed by atoms with Gasteiger partial charge in [0.15, 0.2) is 5.69 Å². The van der Waals surface area contributed by atoms with Crippen molar-refractivity contribution in [3.8, 4) is 0 Å². The van der Waals surface area contributed by atoms with Gasteiger partial charge in [-0.25, -0.2) is 4.98 Å². The SMILES string of the molecule is CNc1nc(NCCc2cnn(C)c2)cc(C(F)(F)F)n1. The number of hydrogen-bond acceptors (Lipinski definition) is 5. The number of aryl methyl sites for hydroxylation is 1. The largest absolute Gasteiger partial charge is 0.433 e. The summed E-state index contributed by atoms with van der Waals surface area (Å²) in [5.41, 5.74) is 0.00895. The van der Waals surface area contributed by atoms with Crippen LogP contribution in [0.5, 0.6) is 0 Å². The Hall–Kier alpha value is -2.32. The predicted octanol–water partition coefficient (Wildman–Crippen LogP) is 1.93. The highest BCUT2D eigenvalue weighted by Gasteiger charge is 2.33. The molecule has 114 valence electrons. The van der Waals surface area contributed by atoms with E-state index in [1.807, 2.05) is 6.20 Å². The standard InChI is InChI=1S/C12H15F3N6/c1-16-11-19-9(12(13,14)15)5-10(20-11)17-4-3-8-6-18-21(2)7-8/h5-7H,3-4H2,1-2H3,(H2,16,17,19,20). The molecule has 21 heavy (non-hydrogen) atoms. The summed E-state index contributed by atoms with van der Waals surface area (Å²) in [7, 11) is 3.27. The van der Waals surface area contributed by atoms with Crippen LogP contribution in [0.25, 0.3) is 0 Å². The molecule has 2 rings (SSSR count). The van der Waals surface area contributed by atoms with Gasteiger partial charge in [0.2, 0.25) is 5.95 Å². The highest BCUT2D eigenvalue weighted by atomic mass is 19.4. The van der Waals surface area contributed by atoms with Gasteiger partial charge >= 0.3 is 6.18 Å². The Balaban J connectivity index is 2.05. The van der Waals surface area contributed by atoms with E-state index in [1.165, 1.54) is 7.05 Å². The Morgan fingerprint density at radius 2 is 2.05 bits per heavy atom. The van der Waals surface area contributed by atoms with Gasteiger partial charge in [-0.3, -0.25) is 4.68 Å². The van der Waals surface area contributed by atoms with Crippen molar-refractivity contribution in [3.63, 3.8) is 0 Å². The molecule has 0 spiro atoms. The molecule has 0 saturated heterocycles. The Labute approximate surface area is 119 Å². The number of halogens is 3. The third-order valence-electron chi connectivity index (χ3n) is 2.72. The number of aromatic nitrogens is 4. The van der Waals surface area contributed by atoms with E-state index in [2.05, 4.69) is 25.7 Å². The molecule has 2 aromatic rings. The molecule has 0 unspecified atom stereocenters. The lowest BCUT2D eigenvalue weighted by molar-refractivity contribution is -0.141. The Morgan fingerprint density at radius 3 is 2.62 bits per heavy atom. The Kier molecular flexibility index (Phi) is 4.29. The summed E-state index contributed by atoms with van der Waals surface area (Å²) in [6.45, 7) is 0.448. The maximum Gasteiger partial charge on any atom is 0.433 e. The van der Waals surface area contributed by atoms with Gasteiger partial charge in [-0.2, -0.15) is 23.3 Å². The van der Waals surface area contributed by atoms with Gasteiger partial charge in [-0.15, -0.1) is 0 Å². The summed E-state index contributed by atoms with van der Waals surface area (Å²) >= 11 is 0. The van der Waals surface area contributed by atoms with E-state index in [9.17, 15) is 13.2 Å². The van der Waals surface area contributed by atoms with Crippen molar-refractivity contribution >= 4 is 11.8 Å². The van der Waals surface area contributed by atoms with E-state index in [-0.39, 0.29) is 11.8 Å². The van der Waals surface area contributed by atoms with Crippen molar-refractivity contribution in [3.05, 3.63) is 29.7 Å². The molecule has 0 fully saturated rings. The van der Waals surface area contributed by atoms with Gasteiger partial charge < -0.3 is 10.6 Å². The molecule has 0 atom stereocenters. The fourth-order valence-corrected chi connectivity index (χ4v) is 1.73. The molecule has 0 radical (unpaired) electrons. The highest BCUT2D eigenvalue weighted by Crippen LogP contribution is 2.29. The van der Waals surface area contributed by atoms with E-state index < -0.39 is 11.9 Å². The Bertz CT molecular complexity index is 607. The monoisotopic (exact) mass is 300 g/mol. The van der Waals surface area contributed by atoms with E-state index in [0.717, 1.165) is 11.6 Å². The number of nitrogens with one attached hydrogen (secondary N) is 2. The average Bonchev–Trinajstić information content (AvgIpc) is 2.83. The third-order valence-corrected chi connectivity index (χ3v) is 2.72. The minimum atomic E-state index is -4.51. The van der Waals surface area contributed by atoms with E-state index in [1.54, 1.807) is 17.9 Å². The van der Waals surface area contributed by atoms with E-state index in [0.29, 0.717) is 13.0 Å². The fraction of sp³-hybridized carbons (Fsp3) is 0.417. The summed E-state index contributed by atoms with van der Waals surface area (Å²) < 4.78 is 39.8. The van der Waals surface area contributed by atoms with Crippen molar-refractivity contribution in [2.24, 2.45) is 7.05 Å². The second-order valence-electron chi connectivity index (χ2n) is 4.41. The first-order valence-electron chi connectivity index (χ1n) is 6.24.